The Bertz CT molecular complexity index is 845. The van der Waals surface area contributed by atoms with Crippen molar-refractivity contribution >= 4 is 17.6 Å². The zero-order valence-corrected chi connectivity index (χ0v) is 12.8. The molecule has 0 aromatic heterocycles. The van der Waals surface area contributed by atoms with Crippen molar-refractivity contribution in [1.82, 2.24) is 0 Å². The van der Waals surface area contributed by atoms with Crippen LogP contribution in [0, 0.1) is 22.7 Å². The summed E-state index contributed by atoms with van der Waals surface area (Å²) in [5, 5.41) is 20.1. The fourth-order valence-electron chi connectivity index (χ4n) is 1.87. The van der Waals surface area contributed by atoms with Crippen LogP contribution >= 0.6 is 0 Å². The third-order valence-electron chi connectivity index (χ3n) is 3.16. The molecule has 2 aromatic carbocycles. The van der Waals surface area contributed by atoms with Gasteiger partial charge in [0.1, 0.15) is 0 Å². The highest BCUT2D eigenvalue weighted by Gasteiger charge is 2.19. The Morgan fingerprint density at radius 3 is 2.33 bits per heavy atom. The highest BCUT2D eigenvalue weighted by atomic mass is 16.5. The molecule has 6 heteroatoms. The van der Waals surface area contributed by atoms with Gasteiger partial charge in [0.05, 0.1) is 28.8 Å². The molecular weight excluding hydrogens is 306 g/mol. The molecule has 0 aliphatic heterocycles. The predicted octanol–water partition coefficient (Wildman–Crippen LogP) is 2.61. The van der Waals surface area contributed by atoms with Crippen LogP contribution in [0.25, 0.3) is 0 Å². The van der Waals surface area contributed by atoms with E-state index in [0.29, 0.717) is 16.8 Å². The second-order valence-electron chi connectivity index (χ2n) is 4.92. The monoisotopic (exact) mass is 319 g/mol. The summed E-state index contributed by atoms with van der Waals surface area (Å²) in [6.45, 7) is 1.45. The first-order valence-corrected chi connectivity index (χ1v) is 7.05. The number of benzene rings is 2. The number of nitrogens with one attached hydrogen (secondary N) is 1. The normalized spacial score (nSPS) is 10.8. The summed E-state index contributed by atoms with van der Waals surface area (Å²) in [4.78, 5) is 24.0. The lowest BCUT2D eigenvalue weighted by molar-refractivity contribution is -0.123. The number of hydrogen-bond acceptors (Lipinski definition) is 5. The highest BCUT2D eigenvalue weighted by Crippen LogP contribution is 2.12. The average molecular weight is 319 g/mol. The molecule has 0 saturated heterocycles. The summed E-state index contributed by atoms with van der Waals surface area (Å²) in [6, 6.07) is 16.2. The van der Waals surface area contributed by atoms with Crippen molar-refractivity contribution in [3.8, 4) is 12.1 Å². The number of nitrogens with zero attached hydrogens (tertiary/aromatic N) is 2. The van der Waals surface area contributed by atoms with Crippen LogP contribution in [-0.2, 0) is 9.53 Å². The lowest BCUT2D eigenvalue weighted by atomic mass is 10.1. The van der Waals surface area contributed by atoms with Crippen molar-refractivity contribution in [2.45, 2.75) is 13.0 Å². The Kier molecular flexibility index (Phi) is 5.28. The van der Waals surface area contributed by atoms with Crippen molar-refractivity contribution in [3.63, 3.8) is 0 Å². The number of hydrogen-bond donors (Lipinski definition) is 1. The third-order valence-corrected chi connectivity index (χ3v) is 3.16. The molecule has 0 spiro atoms. The second kappa shape index (κ2) is 7.57. The quantitative estimate of drug-likeness (QED) is 0.872. The number of amides is 1. The van der Waals surface area contributed by atoms with Gasteiger partial charge in [-0.3, -0.25) is 4.79 Å². The number of ether oxygens (including phenoxy) is 1. The molecule has 0 saturated carbocycles. The van der Waals surface area contributed by atoms with Crippen LogP contribution in [0.4, 0.5) is 5.69 Å². The van der Waals surface area contributed by atoms with Gasteiger partial charge >= 0.3 is 5.97 Å². The zero-order chi connectivity index (χ0) is 17.5. The molecule has 0 heterocycles. The van der Waals surface area contributed by atoms with Gasteiger partial charge in [-0.2, -0.15) is 10.5 Å². The number of carbonyl (C=O) groups excluding carboxylic acids is 2. The van der Waals surface area contributed by atoms with E-state index < -0.39 is 18.0 Å². The molecule has 2 aromatic rings. The van der Waals surface area contributed by atoms with Gasteiger partial charge < -0.3 is 10.1 Å². The Morgan fingerprint density at radius 1 is 1.04 bits per heavy atom. The van der Waals surface area contributed by atoms with Gasteiger partial charge in [0.25, 0.3) is 5.91 Å². The molecule has 2 rings (SSSR count). The van der Waals surface area contributed by atoms with E-state index in [-0.39, 0.29) is 5.56 Å². The summed E-state index contributed by atoms with van der Waals surface area (Å²) >= 11 is 0. The molecule has 1 atom stereocenters. The number of carbonyl (C=O) groups is 2. The maximum Gasteiger partial charge on any atom is 0.338 e. The van der Waals surface area contributed by atoms with E-state index in [0.717, 1.165) is 0 Å². The van der Waals surface area contributed by atoms with Crippen molar-refractivity contribution in [1.29, 1.82) is 10.5 Å². The van der Waals surface area contributed by atoms with Crippen molar-refractivity contribution < 1.29 is 14.3 Å². The number of rotatable bonds is 4. The van der Waals surface area contributed by atoms with Crippen molar-refractivity contribution in [2.24, 2.45) is 0 Å². The predicted molar refractivity (Wildman–Crippen MR) is 85.8 cm³/mol. The summed E-state index contributed by atoms with van der Waals surface area (Å²) in [5.41, 5.74) is 1.53. The molecule has 0 fully saturated rings. The van der Waals surface area contributed by atoms with E-state index in [1.54, 1.807) is 18.2 Å². The molecule has 0 radical (unpaired) electrons. The molecule has 118 valence electrons. The van der Waals surface area contributed by atoms with Crippen molar-refractivity contribution in [2.75, 3.05) is 5.32 Å². The van der Waals surface area contributed by atoms with Crippen LogP contribution in [0.3, 0.4) is 0 Å². The lowest BCUT2D eigenvalue weighted by Crippen LogP contribution is -2.30. The van der Waals surface area contributed by atoms with Crippen LogP contribution in [0.15, 0.2) is 48.5 Å². The van der Waals surface area contributed by atoms with Crippen LogP contribution in [0.2, 0.25) is 0 Å². The smallest absolute Gasteiger partial charge is 0.338 e. The summed E-state index contributed by atoms with van der Waals surface area (Å²) in [5.74, 6) is -1.17. The first-order chi connectivity index (χ1) is 11.5. The van der Waals surface area contributed by atoms with Gasteiger partial charge in [-0.05, 0) is 49.4 Å². The highest BCUT2D eigenvalue weighted by molar-refractivity contribution is 5.97. The van der Waals surface area contributed by atoms with Gasteiger partial charge in [0.15, 0.2) is 6.10 Å². The van der Waals surface area contributed by atoms with E-state index in [1.165, 1.54) is 37.3 Å². The van der Waals surface area contributed by atoms with Gasteiger partial charge in [-0.25, -0.2) is 4.79 Å². The molecular formula is C18H13N3O3. The minimum Gasteiger partial charge on any atom is -0.449 e. The average Bonchev–Trinajstić information content (AvgIpc) is 2.61. The summed E-state index contributed by atoms with van der Waals surface area (Å²) < 4.78 is 5.10. The molecule has 0 bridgehead atoms. The van der Waals surface area contributed by atoms with E-state index in [2.05, 4.69) is 5.32 Å². The number of nitriles is 2. The molecule has 6 nitrogen and oxygen atoms in total. The number of esters is 1. The third kappa shape index (κ3) is 4.19. The molecule has 0 aliphatic rings. The van der Waals surface area contributed by atoms with Crippen LogP contribution in [-0.4, -0.2) is 18.0 Å². The minimum absolute atomic E-state index is 0.250. The first-order valence-electron chi connectivity index (χ1n) is 7.05. The van der Waals surface area contributed by atoms with Gasteiger partial charge in [0.2, 0.25) is 0 Å². The topological polar surface area (TPSA) is 103 Å². The van der Waals surface area contributed by atoms with Gasteiger partial charge in [-0.1, -0.05) is 6.07 Å². The van der Waals surface area contributed by atoms with E-state index >= 15 is 0 Å². The molecule has 1 amide bonds. The summed E-state index contributed by atoms with van der Waals surface area (Å²) in [7, 11) is 0. The Morgan fingerprint density at radius 2 is 1.71 bits per heavy atom. The summed E-state index contributed by atoms with van der Waals surface area (Å²) in [6.07, 6.45) is -1.01. The maximum atomic E-state index is 12.1. The molecule has 24 heavy (non-hydrogen) atoms. The van der Waals surface area contributed by atoms with E-state index in [9.17, 15) is 9.59 Å². The van der Waals surface area contributed by atoms with E-state index in [4.69, 9.17) is 15.3 Å². The standard InChI is InChI=1S/C18H13N3O3/c1-12(17(22)21-16-4-2-3-14(9-16)11-20)24-18(23)15-7-5-13(10-19)6-8-15/h2-9,12H,1H3,(H,21,22)/t12-/m1/s1. The molecule has 1 N–H and O–H groups in total. The Labute approximate surface area is 138 Å². The Hall–Kier alpha value is -3.64. The SMILES string of the molecule is C[C@@H](OC(=O)c1ccc(C#N)cc1)C(=O)Nc1cccc(C#N)c1. The zero-order valence-electron chi connectivity index (χ0n) is 12.8. The molecule has 0 aliphatic carbocycles. The van der Waals surface area contributed by atoms with Crippen LogP contribution < -0.4 is 5.32 Å². The van der Waals surface area contributed by atoms with Gasteiger partial charge in [-0.15, -0.1) is 0 Å². The second-order valence-corrected chi connectivity index (χ2v) is 4.92. The largest absolute Gasteiger partial charge is 0.449 e. The maximum absolute atomic E-state index is 12.1. The Balaban J connectivity index is 1.98. The minimum atomic E-state index is -1.01. The fraction of sp³-hybridized carbons (Fsp3) is 0.111. The fourth-order valence-corrected chi connectivity index (χ4v) is 1.87. The molecule has 0 unspecified atom stereocenters. The van der Waals surface area contributed by atoms with Crippen molar-refractivity contribution in [3.05, 3.63) is 65.2 Å². The van der Waals surface area contributed by atoms with Crippen LogP contribution in [0.5, 0.6) is 0 Å². The number of anilines is 1. The first kappa shape index (κ1) is 16.7. The van der Waals surface area contributed by atoms with Gasteiger partial charge in [0, 0.05) is 5.69 Å². The van der Waals surface area contributed by atoms with E-state index in [1.807, 2.05) is 12.1 Å². The van der Waals surface area contributed by atoms with Crippen LogP contribution in [0.1, 0.15) is 28.4 Å². The lowest BCUT2D eigenvalue weighted by Gasteiger charge is -2.13.